The van der Waals surface area contributed by atoms with Gasteiger partial charge in [0, 0.05) is 19.6 Å². The van der Waals surface area contributed by atoms with Crippen LogP contribution in [0.3, 0.4) is 0 Å². The quantitative estimate of drug-likeness (QED) is 0.492. The van der Waals surface area contributed by atoms with Crippen LogP contribution in [0, 0.1) is 0 Å². The molecular formula is C18H25NO5. The zero-order valence-corrected chi connectivity index (χ0v) is 14.2. The summed E-state index contributed by atoms with van der Waals surface area (Å²) in [5.41, 5.74) is 0.366. The van der Waals surface area contributed by atoms with Gasteiger partial charge in [0.25, 0.3) is 0 Å². The van der Waals surface area contributed by atoms with E-state index in [4.69, 9.17) is 9.47 Å². The maximum atomic E-state index is 11.5. The molecule has 1 aromatic rings. The van der Waals surface area contributed by atoms with Crippen molar-refractivity contribution < 1.29 is 24.1 Å². The molecule has 0 aliphatic heterocycles. The molecule has 132 valence electrons. The first-order valence-electron chi connectivity index (χ1n) is 7.57. The summed E-state index contributed by atoms with van der Waals surface area (Å²) in [5, 5.41) is 10.1. The van der Waals surface area contributed by atoms with Crippen molar-refractivity contribution >= 4 is 5.97 Å². The molecule has 0 radical (unpaired) electrons. The van der Waals surface area contributed by atoms with Crippen molar-refractivity contribution in [1.82, 2.24) is 4.90 Å². The highest BCUT2D eigenvalue weighted by atomic mass is 16.5. The average molecular weight is 335 g/mol. The molecule has 0 saturated heterocycles. The standard InChI is InChI=1S/C18H25NO5/c1-5-9-19(10-6-2)12-15(20)13-24-16-8-7-14(18(21)23-4)11-17(16)22-3/h5-8,11,15,20H,1-2,9-10,12-13H2,3-4H3. The van der Waals surface area contributed by atoms with Gasteiger partial charge >= 0.3 is 5.97 Å². The minimum absolute atomic E-state index is 0.0959. The van der Waals surface area contributed by atoms with Gasteiger partial charge in [-0.05, 0) is 18.2 Å². The summed E-state index contributed by atoms with van der Waals surface area (Å²) in [5.74, 6) is 0.395. The van der Waals surface area contributed by atoms with Gasteiger partial charge in [0.1, 0.15) is 12.7 Å². The van der Waals surface area contributed by atoms with Crippen LogP contribution in [-0.2, 0) is 4.74 Å². The molecule has 1 unspecified atom stereocenters. The fourth-order valence-electron chi connectivity index (χ4n) is 2.16. The molecule has 1 aromatic carbocycles. The number of hydrogen-bond acceptors (Lipinski definition) is 6. The zero-order chi connectivity index (χ0) is 17.9. The smallest absolute Gasteiger partial charge is 0.337 e. The largest absolute Gasteiger partial charge is 0.493 e. The molecule has 0 amide bonds. The lowest BCUT2D eigenvalue weighted by Gasteiger charge is -2.22. The Bertz CT molecular complexity index is 548. The number of esters is 1. The summed E-state index contributed by atoms with van der Waals surface area (Å²) in [4.78, 5) is 13.5. The molecule has 6 nitrogen and oxygen atoms in total. The Morgan fingerprint density at radius 3 is 2.46 bits per heavy atom. The molecule has 24 heavy (non-hydrogen) atoms. The number of aliphatic hydroxyl groups excluding tert-OH is 1. The lowest BCUT2D eigenvalue weighted by molar-refractivity contribution is 0.0599. The number of hydrogen-bond donors (Lipinski definition) is 1. The number of aliphatic hydroxyl groups is 1. The molecule has 0 spiro atoms. The van der Waals surface area contributed by atoms with Crippen LogP contribution in [0.25, 0.3) is 0 Å². The van der Waals surface area contributed by atoms with Gasteiger partial charge in [-0.15, -0.1) is 13.2 Å². The molecule has 1 rings (SSSR count). The van der Waals surface area contributed by atoms with Gasteiger partial charge in [0.2, 0.25) is 0 Å². The van der Waals surface area contributed by atoms with Crippen molar-refractivity contribution in [2.75, 3.05) is 40.5 Å². The highest BCUT2D eigenvalue weighted by Gasteiger charge is 2.14. The van der Waals surface area contributed by atoms with E-state index in [1.54, 1.807) is 24.3 Å². The second kappa shape index (κ2) is 10.5. The predicted molar refractivity (Wildman–Crippen MR) is 92.7 cm³/mol. The van der Waals surface area contributed by atoms with E-state index in [1.165, 1.54) is 20.3 Å². The first kappa shape index (κ1) is 19.7. The van der Waals surface area contributed by atoms with Crippen LogP contribution in [0.1, 0.15) is 10.4 Å². The first-order chi connectivity index (χ1) is 11.5. The summed E-state index contributed by atoms with van der Waals surface area (Å²) in [6, 6.07) is 4.73. The van der Waals surface area contributed by atoms with Gasteiger partial charge in [0.15, 0.2) is 11.5 Å². The Labute approximate surface area is 142 Å². The Hall–Kier alpha value is -2.31. The van der Waals surface area contributed by atoms with Crippen molar-refractivity contribution in [1.29, 1.82) is 0 Å². The number of carbonyl (C=O) groups is 1. The third kappa shape index (κ3) is 6.06. The van der Waals surface area contributed by atoms with E-state index in [9.17, 15) is 9.90 Å². The molecule has 0 heterocycles. The van der Waals surface area contributed by atoms with Crippen LogP contribution >= 0.6 is 0 Å². The molecule has 1 N–H and O–H groups in total. The van der Waals surface area contributed by atoms with E-state index < -0.39 is 12.1 Å². The highest BCUT2D eigenvalue weighted by molar-refractivity contribution is 5.90. The minimum Gasteiger partial charge on any atom is -0.493 e. The van der Waals surface area contributed by atoms with Crippen LogP contribution < -0.4 is 9.47 Å². The fraction of sp³-hybridized carbons (Fsp3) is 0.389. The van der Waals surface area contributed by atoms with Crippen molar-refractivity contribution in [3.05, 3.63) is 49.1 Å². The van der Waals surface area contributed by atoms with Gasteiger partial charge in [-0.1, -0.05) is 12.2 Å². The van der Waals surface area contributed by atoms with Gasteiger partial charge in [0.05, 0.1) is 19.8 Å². The van der Waals surface area contributed by atoms with Gasteiger partial charge in [-0.2, -0.15) is 0 Å². The Morgan fingerprint density at radius 1 is 1.25 bits per heavy atom. The lowest BCUT2D eigenvalue weighted by atomic mass is 10.2. The van der Waals surface area contributed by atoms with E-state index in [2.05, 4.69) is 17.9 Å². The average Bonchev–Trinajstić information content (AvgIpc) is 2.59. The van der Waals surface area contributed by atoms with Crippen LogP contribution in [0.5, 0.6) is 11.5 Å². The molecule has 0 fully saturated rings. The molecule has 0 bridgehead atoms. The van der Waals surface area contributed by atoms with Crippen molar-refractivity contribution in [3.63, 3.8) is 0 Å². The molecule has 0 saturated carbocycles. The third-order valence-electron chi connectivity index (χ3n) is 3.26. The monoisotopic (exact) mass is 335 g/mol. The number of rotatable bonds is 11. The normalized spacial score (nSPS) is 11.7. The molecular weight excluding hydrogens is 310 g/mol. The van der Waals surface area contributed by atoms with E-state index >= 15 is 0 Å². The Kier molecular flexibility index (Phi) is 8.60. The van der Waals surface area contributed by atoms with Crippen molar-refractivity contribution in [2.45, 2.75) is 6.10 Å². The van der Waals surface area contributed by atoms with Crippen molar-refractivity contribution in [2.24, 2.45) is 0 Å². The first-order valence-corrected chi connectivity index (χ1v) is 7.57. The van der Waals surface area contributed by atoms with Gasteiger partial charge in [-0.25, -0.2) is 4.79 Å². The topological polar surface area (TPSA) is 68.2 Å². The third-order valence-corrected chi connectivity index (χ3v) is 3.26. The summed E-state index contributed by atoms with van der Waals surface area (Å²) >= 11 is 0. The van der Waals surface area contributed by atoms with Gasteiger partial charge < -0.3 is 19.3 Å². The lowest BCUT2D eigenvalue weighted by Crippen LogP contribution is -2.35. The second-order valence-corrected chi connectivity index (χ2v) is 5.12. The Balaban J connectivity index is 2.67. The van der Waals surface area contributed by atoms with Crippen LogP contribution in [0.15, 0.2) is 43.5 Å². The van der Waals surface area contributed by atoms with Crippen molar-refractivity contribution in [3.8, 4) is 11.5 Å². The number of nitrogens with zero attached hydrogens (tertiary/aromatic N) is 1. The number of carbonyl (C=O) groups excluding carboxylic acids is 1. The predicted octanol–water partition coefficient (Wildman–Crippen LogP) is 1.90. The van der Waals surface area contributed by atoms with Crippen LogP contribution in [0.2, 0.25) is 0 Å². The maximum absolute atomic E-state index is 11.5. The summed E-state index contributed by atoms with van der Waals surface area (Å²) in [6.45, 7) is 9.22. The molecule has 1 atom stereocenters. The second-order valence-electron chi connectivity index (χ2n) is 5.12. The number of benzene rings is 1. The summed E-state index contributed by atoms with van der Waals surface area (Å²) < 4.78 is 15.5. The van der Waals surface area contributed by atoms with E-state index in [1.807, 2.05) is 4.90 Å². The fourth-order valence-corrected chi connectivity index (χ4v) is 2.16. The maximum Gasteiger partial charge on any atom is 0.337 e. The highest BCUT2D eigenvalue weighted by Crippen LogP contribution is 2.28. The van der Waals surface area contributed by atoms with E-state index in [0.29, 0.717) is 36.7 Å². The zero-order valence-electron chi connectivity index (χ0n) is 14.2. The number of methoxy groups -OCH3 is 2. The van der Waals surface area contributed by atoms with Gasteiger partial charge in [-0.3, -0.25) is 4.90 Å². The number of ether oxygens (including phenoxy) is 3. The minimum atomic E-state index is -0.685. The molecule has 0 aliphatic carbocycles. The summed E-state index contributed by atoms with van der Waals surface area (Å²) in [7, 11) is 2.80. The molecule has 6 heteroatoms. The SMILES string of the molecule is C=CCN(CC=C)CC(O)COc1ccc(C(=O)OC)cc1OC. The van der Waals surface area contributed by atoms with E-state index in [-0.39, 0.29) is 6.61 Å². The van der Waals surface area contributed by atoms with Crippen LogP contribution in [0.4, 0.5) is 0 Å². The Morgan fingerprint density at radius 2 is 1.92 bits per heavy atom. The summed E-state index contributed by atoms with van der Waals surface area (Å²) in [6.07, 6.45) is 2.85. The van der Waals surface area contributed by atoms with Crippen LogP contribution in [-0.4, -0.2) is 62.5 Å². The molecule has 0 aromatic heterocycles. The van der Waals surface area contributed by atoms with E-state index in [0.717, 1.165) is 0 Å². The molecule has 0 aliphatic rings.